The second kappa shape index (κ2) is 11.0. The second-order valence-corrected chi connectivity index (χ2v) is 16.2. The van der Waals surface area contributed by atoms with Crippen LogP contribution >= 0.6 is 18.2 Å². The molecule has 1 aliphatic rings. The van der Waals surface area contributed by atoms with Gasteiger partial charge >= 0.3 is 240 Å². The summed E-state index contributed by atoms with van der Waals surface area (Å²) in [6.45, 7) is -2.99. The average Bonchev–Trinajstić information content (AvgIpc) is 3.01. The van der Waals surface area contributed by atoms with Gasteiger partial charge in [0.15, 0.2) is 0 Å². The Morgan fingerprint density at radius 1 is 0.750 bits per heavy atom. The van der Waals surface area contributed by atoms with Gasteiger partial charge in [0.05, 0.1) is 0 Å². The monoisotopic (exact) mass is 563 g/mol. The van der Waals surface area contributed by atoms with Gasteiger partial charge in [0.1, 0.15) is 0 Å². The summed E-state index contributed by atoms with van der Waals surface area (Å²) >= 11 is 6.01. The Balaban J connectivity index is 1.55. The van der Waals surface area contributed by atoms with Crippen molar-refractivity contribution in [2.24, 2.45) is 5.10 Å². The molecule has 0 saturated carbocycles. The van der Waals surface area contributed by atoms with Crippen LogP contribution in [0.15, 0.2) is 137 Å². The first-order valence-corrected chi connectivity index (χ1v) is 16.6. The van der Waals surface area contributed by atoms with Crippen LogP contribution in [0.5, 0.6) is 0 Å². The molecule has 0 radical (unpaired) electrons. The van der Waals surface area contributed by atoms with Crippen LogP contribution in [0.1, 0.15) is 24.1 Å². The van der Waals surface area contributed by atoms with Gasteiger partial charge in [-0.05, 0) is 0 Å². The number of halogens is 1. The van der Waals surface area contributed by atoms with E-state index in [4.69, 9.17) is 16.7 Å². The van der Waals surface area contributed by atoms with Crippen molar-refractivity contribution in [2.45, 2.75) is 19.3 Å². The quantitative estimate of drug-likeness (QED) is 0.187. The van der Waals surface area contributed by atoms with Crippen LogP contribution in [0, 0.1) is 0 Å². The van der Waals surface area contributed by atoms with Gasteiger partial charge in [-0.15, -0.1) is 0 Å². The first-order chi connectivity index (χ1) is 19.6. The molecule has 0 aliphatic carbocycles. The number of hydrogen-bond donors (Lipinski definition) is 0. The number of benzene rings is 3. The molecule has 2 aromatic heterocycles. The first-order valence-electron chi connectivity index (χ1n) is 13.6. The third-order valence-corrected chi connectivity index (χ3v) is 15.4. The van der Waals surface area contributed by atoms with Crippen LogP contribution in [0.25, 0.3) is 0 Å². The SMILES string of the molecule is O=c1cccc(Cc2ccc(Cl)nc2)n1/N=C1\CCCP(c2ccccc2)(c2ccccc2)(c2ccccc2)C1. The molecular weight excluding hydrogens is 533 g/mol. The summed E-state index contributed by atoms with van der Waals surface area (Å²) in [6, 6.07) is 42.1. The van der Waals surface area contributed by atoms with E-state index in [1.54, 1.807) is 29.1 Å². The number of pyridine rings is 2. The second-order valence-electron chi connectivity index (χ2n) is 10.5. The van der Waals surface area contributed by atoms with Gasteiger partial charge in [0.2, 0.25) is 0 Å². The Labute approximate surface area is 239 Å². The van der Waals surface area contributed by atoms with Crippen LogP contribution in [0.3, 0.4) is 0 Å². The number of rotatable bonds is 6. The molecule has 0 spiro atoms. The van der Waals surface area contributed by atoms with Gasteiger partial charge in [0, 0.05) is 0 Å². The summed E-state index contributed by atoms with van der Waals surface area (Å²) in [6.07, 6.45) is 6.00. The standard InChI is InChI=1S/C34H31ClN3OP/c35-33-22-21-27(25-36-33)24-29-13-10-20-34(39)38(29)37-28-12-11-23-40(26-28,30-14-4-1-5-15-30,31-16-6-2-7-17-31)32-18-8-3-9-19-32/h1-10,13-22,25H,11-12,23-24,26H2/b37-28+. The van der Waals surface area contributed by atoms with E-state index >= 15 is 0 Å². The van der Waals surface area contributed by atoms with Gasteiger partial charge in [-0.2, -0.15) is 0 Å². The maximum atomic E-state index is 13.2. The van der Waals surface area contributed by atoms with Gasteiger partial charge in [-0.3, -0.25) is 0 Å². The normalized spacial score (nSPS) is 18.0. The first kappa shape index (κ1) is 26.4. The van der Waals surface area contributed by atoms with E-state index in [1.165, 1.54) is 15.9 Å². The van der Waals surface area contributed by atoms with Crippen molar-refractivity contribution in [1.82, 2.24) is 9.66 Å². The van der Waals surface area contributed by atoms with Crippen molar-refractivity contribution in [3.63, 3.8) is 0 Å². The molecule has 0 bridgehead atoms. The Bertz CT molecular complexity index is 1600. The molecular formula is C34H31ClN3OP. The predicted octanol–water partition coefficient (Wildman–Crippen LogP) is 6.02. The molecule has 1 saturated heterocycles. The van der Waals surface area contributed by atoms with E-state index in [1.807, 2.05) is 12.1 Å². The van der Waals surface area contributed by atoms with Crippen molar-refractivity contribution in [3.8, 4) is 0 Å². The van der Waals surface area contributed by atoms with Crippen molar-refractivity contribution in [1.29, 1.82) is 0 Å². The molecule has 200 valence electrons. The summed E-state index contributed by atoms with van der Waals surface area (Å²) in [5, 5.41) is 9.71. The molecule has 6 rings (SSSR count). The van der Waals surface area contributed by atoms with Gasteiger partial charge in [-0.1, -0.05) is 0 Å². The number of aromatic nitrogens is 2. The summed E-state index contributed by atoms with van der Waals surface area (Å²) in [7, 11) is 0. The third-order valence-electron chi connectivity index (χ3n) is 8.21. The third kappa shape index (κ3) is 4.62. The fourth-order valence-electron chi connectivity index (χ4n) is 6.38. The molecule has 40 heavy (non-hydrogen) atoms. The van der Waals surface area contributed by atoms with Crippen molar-refractivity contribution < 1.29 is 0 Å². The molecule has 0 amide bonds. The Morgan fingerprint density at radius 3 is 1.90 bits per heavy atom. The van der Waals surface area contributed by atoms with Crippen LogP contribution in [-0.2, 0) is 6.42 Å². The molecule has 1 aliphatic heterocycles. The summed E-state index contributed by atoms with van der Waals surface area (Å²) in [5.74, 6) is 0. The van der Waals surface area contributed by atoms with E-state index in [9.17, 15) is 4.79 Å². The van der Waals surface area contributed by atoms with Crippen LogP contribution in [0.2, 0.25) is 5.15 Å². The Kier molecular flexibility index (Phi) is 7.23. The van der Waals surface area contributed by atoms with Crippen molar-refractivity contribution in [2.75, 3.05) is 12.3 Å². The minimum atomic E-state index is -2.99. The molecule has 0 atom stereocenters. The number of hydrogen-bond acceptors (Lipinski definition) is 3. The van der Waals surface area contributed by atoms with Crippen molar-refractivity contribution in [3.05, 3.63) is 154 Å². The van der Waals surface area contributed by atoms with E-state index in [0.29, 0.717) is 11.6 Å². The molecule has 3 heterocycles. The minimum absolute atomic E-state index is 0.128. The van der Waals surface area contributed by atoms with E-state index in [-0.39, 0.29) is 5.56 Å². The molecule has 1 fully saturated rings. The Morgan fingerprint density at radius 2 is 1.35 bits per heavy atom. The zero-order valence-corrected chi connectivity index (χ0v) is 23.9. The predicted molar refractivity (Wildman–Crippen MR) is 170 cm³/mol. The zero-order chi connectivity index (χ0) is 27.4. The van der Waals surface area contributed by atoms with E-state index < -0.39 is 6.60 Å². The molecule has 0 N–H and O–H groups in total. The maximum absolute atomic E-state index is 13.2. The van der Waals surface area contributed by atoms with Crippen LogP contribution in [-0.4, -0.2) is 27.7 Å². The summed E-state index contributed by atoms with van der Waals surface area (Å²) < 4.78 is 1.60. The van der Waals surface area contributed by atoms with Gasteiger partial charge in [-0.25, -0.2) is 0 Å². The Hall–Kier alpha value is -3.85. The fourth-order valence-corrected chi connectivity index (χ4v) is 13.4. The summed E-state index contributed by atoms with van der Waals surface area (Å²) in [5.41, 5.74) is 2.74. The van der Waals surface area contributed by atoms with Crippen LogP contribution < -0.4 is 21.5 Å². The molecule has 0 unspecified atom stereocenters. The van der Waals surface area contributed by atoms with E-state index in [2.05, 4.69) is 96.0 Å². The molecule has 3 aromatic carbocycles. The van der Waals surface area contributed by atoms with Crippen molar-refractivity contribution >= 4 is 39.8 Å². The van der Waals surface area contributed by atoms with Crippen LogP contribution in [0.4, 0.5) is 0 Å². The molecule has 5 aromatic rings. The molecule has 4 nitrogen and oxygen atoms in total. The van der Waals surface area contributed by atoms with E-state index in [0.717, 1.165) is 42.1 Å². The fraction of sp³-hybridized carbons (Fsp3) is 0.147. The van der Waals surface area contributed by atoms with Gasteiger partial charge < -0.3 is 0 Å². The zero-order valence-electron chi connectivity index (χ0n) is 22.2. The summed E-state index contributed by atoms with van der Waals surface area (Å²) in [4.78, 5) is 17.5. The topological polar surface area (TPSA) is 47.2 Å². The van der Waals surface area contributed by atoms with Gasteiger partial charge in [0.25, 0.3) is 0 Å². The number of nitrogens with zero attached hydrogens (tertiary/aromatic N) is 3. The average molecular weight is 564 g/mol. The molecule has 6 heteroatoms.